The Morgan fingerprint density at radius 1 is 0.882 bits per heavy atom. The summed E-state index contributed by atoms with van der Waals surface area (Å²) in [6.07, 6.45) is 6.49. The molecule has 0 spiro atoms. The van der Waals surface area contributed by atoms with E-state index in [-0.39, 0.29) is 12.2 Å². The van der Waals surface area contributed by atoms with E-state index in [1.54, 1.807) is 4.90 Å². The number of anilines is 1. The molecule has 2 bridgehead atoms. The van der Waals surface area contributed by atoms with Gasteiger partial charge in [0.1, 0.15) is 6.54 Å². The maximum atomic E-state index is 13.5. The van der Waals surface area contributed by atoms with E-state index in [9.17, 15) is 4.79 Å². The molecule has 0 aromatic heterocycles. The summed E-state index contributed by atoms with van der Waals surface area (Å²) in [5.41, 5.74) is 3.19. The topological polar surface area (TPSA) is 29.5 Å². The first kappa shape index (κ1) is 22.4. The highest BCUT2D eigenvalue weighted by atomic mass is 16.6. The van der Waals surface area contributed by atoms with Gasteiger partial charge in [0.05, 0.1) is 26.2 Å². The summed E-state index contributed by atoms with van der Waals surface area (Å²) >= 11 is 0. The maximum Gasteiger partial charge on any atom is 0.415 e. The average Bonchev–Trinajstić information content (AvgIpc) is 2.89. The highest BCUT2D eigenvalue weighted by Gasteiger charge is 2.47. The molecule has 0 N–H and O–H groups in total. The molecule has 1 unspecified atom stereocenters. The monoisotopic (exact) mass is 453 g/mol. The molecule has 3 heterocycles. The van der Waals surface area contributed by atoms with Gasteiger partial charge < -0.3 is 9.22 Å². The SMILES string of the molecule is O=C(OC1C[N+]2(CC=Cc3ccccc3)CCC1CC2)N(Cc1ccccc1)c1ccccc1. The summed E-state index contributed by atoms with van der Waals surface area (Å²) in [4.78, 5) is 15.2. The van der Waals surface area contributed by atoms with Crippen molar-refractivity contribution in [1.82, 2.24) is 0 Å². The van der Waals surface area contributed by atoms with E-state index in [0.29, 0.717) is 12.5 Å². The second-order valence-electron chi connectivity index (χ2n) is 9.63. The van der Waals surface area contributed by atoms with E-state index < -0.39 is 0 Å². The van der Waals surface area contributed by atoms with Gasteiger partial charge >= 0.3 is 6.09 Å². The Kier molecular flexibility index (Phi) is 6.77. The van der Waals surface area contributed by atoms with Crippen LogP contribution in [0.15, 0.2) is 97.1 Å². The molecular weight excluding hydrogens is 420 g/mol. The first-order chi connectivity index (χ1) is 16.7. The minimum absolute atomic E-state index is 0.0258. The van der Waals surface area contributed by atoms with E-state index in [1.165, 1.54) is 18.7 Å². The number of rotatable bonds is 7. The molecule has 6 rings (SSSR count). The fourth-order valence-electron chi connectivity index (χ4n) is 5.42. The molecule has 4 heteroatoms. The predicted octanol–water partition coefficient (Wildman–Crippen LogP) is 6.15. The highest BCUT2D eigenvalue weighted by molar-refractivity contribution is 5.87. The van der Waals surface area contributed by atoms with Crippen molar-refractivity contribution in [3.8, 4) is 0 Å². The van der Waals surface area contributed by atoms with E-state index in [0.717, 1.165) is 41.7 Å². The summed E-state index contributed by atoms with van der Waals surface area (Å²) in [5, 5.41) is 0. The molecule has 3 fully saturated rings. The molecule has 0 radical (unpaired) electrons. The van der Waals surface area contributed by atoms with Crippen LogP contribution in [-0.2, 0) is 11.3 Å². The lowest BCUT2D eigenvalue weighted by Crippen LogP contribution is -2.64. The van der Waals surface area contributed by atoms with Crippen molar-refractivity contribution >= 4 is 17.9 Å². The molecule has 0 aliphatic carbocycles. The average molecular weight is 454 g/mol. The molecule has 3 aromatic carbocycles. The lowest BCUT2D eigenvalue weighted by atomic mass is 9.83. The van der Waals surface area contributed by atoms with Crippen LogP contribution < -0.4 is 4.90 Å². The normalized spacial score (nSPS) is 23.6. The fraction of sp³-hybridized carbons (Fsp3) is 0.300. The molecule has 4 nitrogen and oxygen atoms in total. The Morgan fingerprint density at radius 2 is 1.50 bits per heavy atom. The lowest BCUT2D eigenvalue weighted by molar-refractivity contribution is -0.941. The minimum Gasteiger partial charge on any atom is -0.440 e. The zero-order chi connectivity index (χ0) is 23.2. The third-order valence-corrected chi connectivity index (χ3v) is 7.37. The minimum atomic E-state index is -0.244. The Bertz CT molecular complexity index is 1090. The van der Waals surface area contributed by atoms with Gasteiger partial charge in [0.25, 0.3) is 0 Å². The Hall–Kier alpha value is -3.37. The van der Waals surface area contributed by atoms with E-state index in [4.69, 9.17) is 4.74 Å². The summed E-state index contributed by atoms with van der Waals surface area (Å²) in [7, 11) is 0. The van der Waals surface area contributed by atoms with Crippen LogP contribution in [0, 0.1) is 5.92 Å². The summed E-state index contributed by atoms with van der Waals surface area (Å²) in [6.45, 7) is 4.74. The van der Waals surface area contributed by atoms with Gasteiger partial charge in [-0.25, -0.2) is 4.79 Å². The maximum absolute atomic E-state index is 13.5. The van der Waals surface area contributed by atoms with Crippen LogP contribution in [0.25, 0.3) is 6.08 Å². The molecule has 0 saturated carbocycles. The number of hydrogen-bond donors (Lipinski definition) is 0. The second-order valence-corrected chi connectivity index (χ2v) is 9.63. The van der Waals surface area contributed by atoms with Crippen molar-refractivity contribution in [1.29, 1.82) is 0 Å². The van der Waals surface area contributed by atoms with Crippen molar-refractivity contribution in [3.63, 3.8) is 0 Å². The first-order valence-corrected chi connectivity index (χ1v) is 12.3. The predicted molar refractivity (Wildman–Crippen MR) is 137 cm³/mol. The Labute approximate surface area is 202 Å². The van der Waals surface area contributed by atoms with Gasteiger partial charge in [-0.2, -0.15) is 0 Å². The smallest absolute Gasteiger partial charge is 0.415 e. The van der Waals surface area contributed by atoms with Crippen molar-refractivity contribution in [2.75, 3.05) is 31.1 Å². The van der Waals surface area contributed by atoms with Crippen molar-refractivity contribution < 1.29 is 14.0 Å². The highest BCUT2D eigenvalue weighted by Crippen LogP contribution is 2.36. The summed E-state index contributed by atoms with van der Waals surface area (Å²) in [6, 6.07) is 30.4. The van der Waals surface area contributed by atoms with E-state index in [1.807, 2.05) is 54.6 Å². The van der Waals surface area contributed by atoms with Crippen LogP contribution in [0.4, 0.5) is 10.5 Å². The number of fused-ring (bicyclic) bond motifs is 3. The second kappa shape index (κ2) is 10.3. The zero-order valence-corrected chi connectivity index (χ0v) is 19.6. The van der Waals surface area contributed by atoms with E-state index in [2.05, 4.69) is 48.6 Å². The lowest BCUT2D eigenvalue weighted by Gasteiger charge is -2.51. The number of ether oxygens (including phenoxy) is 1. The van der Waals surface area contributed by atoms with Gasteiger partial charge in [0, 0.05) is 24.4 Å². The number of carbonyl (C=O) groups is 1. The van der Waals surface area contributed by atoms with Crippen molar-refractivity contribution in [3.05, 3.63) is 108 Å². The van der Waals surface area contributed by atoms with Gasteiger partial charge in [0.2, 0.25) is 0 Å². The molecule has 3 saturated heterocycles. The quantitative estimate of drug-likeness (QED) is 0.402. The first-order valence-electron chi connectivity index (χ1n) is 12.3. The molecule has 3 aliphatic rings. The van der Waals surface area contributed by atoms with Crippen LogP contribution in [0.2, 0.25) is 0 Å². The third kappa shape index (κ3) is 5.23. The van der Waals surface area contributed by atoms with Gasteiger partial charge in [-0.1, -0.05) is 84.9 Å². The largest absolute Gasteiger partial charge is 0.440 e. The molecule has 34 heavy (non-hydrogen) atoms. The summed E-state index contributed by atoms with van der Waals surface area (Å²) in [5.74, 6) is 0.469. The third-order valence-electron chi connectivity index (χ3n) is 7.37. The molecule has 174 valence electrons. The molecule has 3 aliphatic heterocycles. The van der Waals surface area contributed by atoms with Crippen LogP contribution in [0.5, 0.6) is 0 Å². The van der Waals surface area contributed by atoms with E-state index >= 15 is 0 Å². The van der Waals surface area contributed by atoms with Gasteiger partial charge in [-0.15, -0.1) is 0 Å². The molecule has 3 aromatic rings. The van der Waals surface area contributed by atoms with Gasteiger partial charge in [-0.05, 0) is 29.3 Å². The van der Waals surface area contributed by atoms with Gasteiger partial charge in [-0.3, -0.25) is 4.90 Å². The van der Waals surface area contributed by atoms with Crippen LogP contribution >= 0.6 is 0 Å². The van der Waals surface area contributed by atoms with Gasteiger partial charge in [0.15, 0.2) is 6.10 Å². The number of para-hydroxylation sites is 1. The van der Waals surface area contributed by atoms with Crippen molar-refractivity contribution in [2.24, 2.45) is 5.92 Å². The number of benzene rings is 3. The van der Waals surface area contributed by atoms with Crippen LogP contribution in [-0.4, -0.2) is 42.9 Å². The Balaban J connectivity index is 1.28. The number of amides is 1. The number of nitrogens with zero attached hydrogens (tertiary/aromatic N) is 2. The van der Waals surface area contributed by atoms with Crippen molar-refractivity contribution in [2.45, 2.75) is 25.5 Å². The summed E-state index contributed by atoms with van der Waals surface area (Å²) < 4.78 is 7.27. The number of piperidine rings is 3. The van der Waals surface area contributed by atoms with Crippen LogP contribution in [0.1, 0.15) is 24.0 Å². The zero-order valence-electron chi connectivity index (χ0n) is 19.6. The standard InChI is InChI=1S/C30H33N2O2/c33-30(31(28-16-8-3-9-17-28)23-26-13-6-2-7-14-26)34-29-24-32(21-18-27(29)19-22-32)20-10-15-25-11-4-1-5-12-25/h1-17,27,29H,18-24H2/q+1. The number of hydrogen-bond acceptors (Lipinski definition) is 2. The fourth-order valence-corrected chi connectivity index (χ4v) is 5.42. The molecular formula is C30H33N2O2+. The number of quaternary nitrogens is 1. The number of carbonyl (C=O) groups excluding carboxylic acids is 1. The molecule has 1 amide bonds. The van der Waals surface area contributed by atoms with Crippen LogP contribution in [0.3, 0.4) is 0 Å². The molecule has 1 atom stereocenters. The Morgan fingerprint density at radius 3 is 2.18 bits per heavy atom.